The molecule has 190 valence electrons. The van der Waals surface area contributed by atoms with E-state index in [2.05, 4.69) is 16.0 Å². The number of amides is 1. The monoisotopic (exact) mass is 481 g/mol. The number of likely N-dealkylation sites (N-methyl/N-ethyl adjacent to an activating group) is 2. The van der Waals surface area contributed by atoms with Crippen LogP contribution >= 0.6 is 0 Å². The number of hydrogen-bond donors (Lipinski definition) is 6. The van der Waals surface area contributed by atoms with Gasteiger partial charge in [0.15, 0.2) is 0 Å². The minimum Gasteiger partial charge on any atom is -0.497 e. The smallest absolute Gasteiger partial charge is 0.239 e. The van der Waals surface area contributed by atoms with Crippen LogP contribution in [0.4, 0.5) is 0 Å². The summed E-state index contributed by atoms with van der Waals surface area (Å²) >= 11 is 0. The number of fused-ring (bicyclic) bond motifs is 2. The van der Waals surface area contributed by atoms with Gasteiger partial charge in [-0.15, -0.1) is 0 Å². The van der Waals surface area contributed by atoms with Gasteiger partial charge in [0.05, 0.1) is 43.9 Å². The van der Waals surface area contributed by atoms with Crippen LogP contribution < -0.4 is 20.7 Å². The van der Waals surface area contributed by atoms with Crippen LogP contribution in [0, 0.1) is 0 Å². The molecule has 3 fully saturated rings. The molecule has 3 aliphatic rings. The van der Waals surface area contributed by atoms with Crippen LogP contribution in [0.1, 0.15) is 18.9 Å². The third-order valence-corrected chi connectivity index (χ3v) is 7.01. The first kappa shape index (κ1) is 25.3. The van der Waals surface area contributed by atoms with E-state index >= 15 is 0 Å². The van der Waals surface area contributed by atoms with Gasteiger partial charge < -0.3 is 50.2 Å². The van der Waals surface area contributed by atoms with Gasteiger partial charge in [-0.1, -0.05) is 12.1 Å². The number of aliphatic hydroxyl groups excluding tert-OH is 2. The lowest BCUT2D eigenvalue weighted by Gasteiger charge is -2.58. The van der Waals surface area contributed by atoms with Gasteiger partial charge in [0.2, 0.25) is 18.0 Å². The fourth-order valence-corrected chi connectivity index (χ4v) is 5.19. The van der Waals surface area contributed by atoms with Crippen LogP contribution in [-0.4, -0.2) is 103 Å². The average Bonchev–Trinajstić information content (AvgIpc) is 2.80. The quantitative estimate of drug-likeness (QED) is 0.276. The van der Waals surface area contributed by atoms with Gasteiger partial charge in [-0.3, -0.25) is 4.79 Å². The predicted molar refractivity (Wildman–Crippen MR) is 120 cm³/mol. The number of aliphatic hydroxyl groups is 3. The Hall–Kier alpha value is -1.83. The normalized spacial score (nSPS) is 41.8. The molecule has 3 unspecified atom stereocenters. The molecule has 11 heteroatoms. The summed E-state index contributed by atoms with van der Waals surface area (Å²) in [6, 6.07) is 5.00. The van der Waals surface area contributed by atoms with Gasteiger partial charge >= 0.3 is 0 Å². The summed E-state index contributed by atoms with van der Waals surface area (Å²) in [5.41, 5.74) is 0.787. The first-order valence-electron chi connectivity index (χ1n) is 11.6. The molecule has 1 aromatic rings. The summed E-state index contributed by atoms with van der Waals surface area (Å²) in [5, 5.41) is 42.0. The molecule has 4 rings (SSSR count). The molecule has 2 heterocycles. The molecule has 1 aliphatic carbocycles. The fourth-order valence-electron chi connectivity index (χ4n) is 5.19. The highest BCUT2D eigenvalue weighted by molar-refractivity contribution is 5.79. The molecule has 2 aliphatic heterocycles. The zero-order valence-electron chi connectivity index (χ0n) is 19.8. The van der Waals surface area contributed by atoms with E-state index in [9.17, 15) is 20.1 Å². The van der Waals surface area contributed by atoms with E-state index in [0.29, 0.717) is 5.75 Å². The van der Waals surface area contributed by atoms with Crippen molar-refractivity contribution in [2.45, 2.75) is 80.5 Å². The highest BCUT2D eigenvalue weighted by atomic mass is 16.8. The van der Waals surface area contributed by atoms with Gasteiger partial charge in [-0.25, -0.2) is 0 Å². The fraction of sp³-hybridized carbons (Fsp3) is 0.696. The number of carbonyl (C=O) groups excluding carboxylic acids is 1. The van der Waals surface area contributed by atoms with E-state index in [1.165, 1.54) is 0 Å². The summed E-state index contributed by atoms with van der Waals surface area (Å²) in [6.07, 6.45) is -5.07. The van der Waals surface area contributed by atoms with Gasteiger partial charge in [0.1, 0.15) is 24.1 Å². The summed E-state index contributed by atoms with van der Waals surface area (Å²) in [7, 11) is 4.87. The molecular formula is C23H35N3O8. The van der Waals surface area contributed by atoms with Gasteiger partial charge in [-0.05, 0) is 45.1 Å². The minimum absolute atomic E-state index is 0.101. The van der Waals surface area contributed by atoms with Crippen molar-refractivity contribution in [2.24, 2.45) is 0 Å². The molecule has 1 amide bonds. The summed E-state index contributed by atoms with van der Waals surface area (Å²) in [6.45, 7) is 1.81. The Labute approximate surface area is 198 Å². The first-order valence-corrected chi connectivity index (χ1v) is 11.6. The van der Waals surface area contributed by atoms with E-state index < -0.39 is 54.6 Å². The average molecular weight is 482 g/mol. The molecule has 34 heavy (non-hydrogen) atoms. The maximum absolute atomic E-state index is 12.9. The number of ether oxygens (including phenoxy) is 4. The molecule has 6 N–H and O–H groups in total. The maximum atomic E-state index is 12.9. The van der Waals surface area contributed by atoms with Crippen molar-refractivity contribution < 1.29 is 39.1 Å². The standard InChI is InChI=1S/C23H35N3O8/c1-11-9-14(26-15(27)10-12-5-7-13(31-4)8-6-12)23(30)22(32-11)33-21-19(29)16(24-2)18(28)17(25-3)20(21)34-23/h5-8,11,14,16-22,24-25,28-30H,9-10H2,1-4H3,(H,26,27)/t11-,14-,16-,17+,18+,19-,20?,21?,22?,23+/m1/s1. The summed E-state index contributed by atoms with van der Waals surface area (Å²) in [5.74, 6) is -1.62. The zero-order valence-corrected chi connectivity index (χ0v) is 19.8. The highest BCUT2D eigenvalue weighted by Gasteiger charge is 2.63. The topological polar surface area (TPSA) is 151 Å². The third kappa shape index (κ3) is 4.54. The predicted octanol–water partition coefficient (Wildman–Crippen LogP) is -1.76. The second-order valence-electron chi connectivity index (χ2n) is 9.20. The van der Waals surface area contributed by atoms with Gasteiger partial charge in [-0.2, -0.15) is 0 Å². The van der Waals surface area contributed by atoms with E-state index in [-0.39, 0.29) is 24.9 Å². The first-order chi connectivity index (χ1) is 16.2. The second-order valence-corrected chi connectivity index (χ2v) is 9.20. The zero-order chi connectivity index (χ0) is 24.6. The molecule has 11 nitrogen and oxygen atoms in total. The molecule has 1 aromatic carbocycles. The number of methoxy groups -OCH3 is 1. The van der Waals surface area contributed by atoms with Crippen molar-refractivity contribution in [3.63, 3.8) is 0 Å². The van der Waals surface area contributed by atoms with Crippen LogP contribution in [-0.2, 0) is 25.4 Å². The molecule has 2 saturated heterocycles. The van der Waals surface area contributed by atoms with Crippen LogP contribution in [0.15, 0.2) is 24.3 Å². The highest BCUT2D eigenvalue weighted by Crippen LogP contribution is 2.42. The van der Waals surface area contributed by atoms with E-state index in [1.807, 2.05) is 6.92 Å². The molecule has 0 spiro atoms. The van der Waals surface area contributed by atoms with Crippen molar-refractivity contribution in [3.05, 3.63) is 29.8 Å². The molecule has 0 radical (unpaired) electrons. The van der Waals surface area contributed by atoms with Crippen molar-refractivity contribution in [1.29, 1.82) is 0 Å². The summed E-state index contributed by atoms with van der Waals surface area (Å²) < 4.78 is 23.2. The van der Waals surface area contributed by atoms with Crippen molar-refractivity contribution in [1.82, 2.24) is 16.0 Å². The molecule has 0 aromatic heterocycles. The second kappa shape index (κ2) is 10.0. The number of carbonyl (C=O) groups is 1. The number of rotatable bonds is 6. The van der Waals surface area contributed by atoms with Crippen LogP contribution in [0.5, 0.6) is 5.75 Å². The SMILES string of the molecule is CN[C@@H]1[C@H](O)[C@H](NC)C2O[C@]3(O)C(OC2[C@@H]1O)O[C@H](C)C[C@H]3NC(=O)Cc1ccc(OC)cc1. The van der Waals surface area contributed by atoms with E-state index in [4.69, 9.17) is 18.9 Å². The maximum Gasteiger partial charge on any atom is 0.239 e. The number of nitrogens with one attached hydrogen (secondary N) is 3. The largest absolute Gasteiger partial charge is 0.497 e. The Balaban J connectivity index is 1.53. The summed E-state index contributed by atoms with van der Waals surface area (Å²) in [4.78, 5) is 12.9. The Morgan fingerprint density at radius 1 is 1.09 bits per heavy atom. The minimum atomic E-state index is -2.01. The van der Waals surface area contributed by atoms with Crippen molar-refractivity contribution >= 4 is 5.91 Å². The number of benzene rings is 1. The van der Waals surface area contributed by atoms with Crippen molar-refractivity contribution in [3.8, 4) is 5.75 Å². The van der Waals surface area contributed by atoms with E-state index in [0.717, 1.165) is 5.56 Å². The molecule has 0 bridgehead atoms. The van der Waals surface area contributed by atoms with Crippen LogP contribution in [0.2, 0.25) is 0 Å². The lowest BCUT2D eigenvalue weighted by atomic mass is 9.79. The molecular weight excluding hydrogens is 446 g/mol. The Bertz CT molecular complexity index is 857. The van der Waals surface area contributed by atoms with Crippen LogP contribution in [0.3, 0.4) is 0 Å². The number of hydrogen-bond acceptors (Lipinski definition) is 10. The molecule has 10 atom stereocenters. The Kier molecular flexibility index (Phi) is 7.46. The van der Waals surface area contributed by atoms with Gasteiger partial charge in [0.25, 0.3) is 0 Å². The van der Waals surface area contributed by atoms with Crippen molar-refractivity contribution in [2.75, 3.05) is 21.2 Å². The Morgan fingerprint density at radius 2 is 1.76 bits per heavy atom. The molecule has 1 saturated carbocycles. The van der Waals surface area contributed by atoms with E-state index in [1.54, 1.807) is 45.5 Å². The van der Waals surface area contributed by atoms with Crippen LogP contribution in [0.25, 0.3) is 0 Å². The lowest BCUT2D eigenvalue weighted by molar-refractivity contribution is -0.449. The lowest BCUT2D eigenvalue weighted by Crippen LogP contribution is -2.79. The Morgan fingerprint density at radius 3 is 2.38 bits per heavy atom. The van der Waals surface area contributed by atoms with Gasteiger partial charge in [0, 0.05) is 0 Å². The third-order valence-electron chi connectivity index (χ3n) is 7.01.